The number of carbonyl (C=O) groups excluding carboxylic acids is 2. The average Bonchev–Trinajstić information content (AvgIpc) is 2.76. The van der Waals surface area contributed by atoms with Crippen molar-refractivity contribution in [3.63, 3.8) is 0 Å². The molecule has 0 spiro atoms. The van der Waals surface area contributed by atoms with Crippen LogP contribution in [0.25, 0.3) is 0 Å². The number of anilines is 1. The summed E-state index contributed by atoms with van der Waals surface area (Å²) in [7, 11) is 0. The van der Waals surface area contributed by atoms with Crippen molar-refractivity contribution in [2.24, 2.45) is 0 Å². The molecule has 160 valence electrons. The fourth-order valence-electron chi connectivity index (χ4n) is 3.26. The lowest BCUT2D eigenvalue weighted by molar-refractivity contribution is 0.0529. The third kappa shape index (κ3) is 4.65. The first-order chi connectivity index (χ1) is 14.3. The Kier molecular flexibility index (Phi) is 7.10. The summed E-state index contributed by atoms with van der Waals surface area (Å²) in [5.74, 6) is -0.958. The van der Waals surface area contributed by atoms with Crippen molar-refractivity contribution in [1.29, 1.82) is 0 Å². The molecule has 0 atom stereocenters. The van der Waals surface area contributed by atoms with Crippen LogP contribution >= 0.6 is 23.2 Å². The second-order valence-corrected chi connectivity index (χ2v) is 7.59. The van der Waals surface area contributed by atoms with E-state index >= 15 is 0 Å². The number of halogens is 3. The third-order valence-electron chi connectivity index (χ3n) is 4.99. The van der Waals surface area contributed by atoms with Gasteiger partial charge in [0.2, 0.25) is 5.95 Å². The van der Waals surface area contributed by atoms with Crippen LogP contribution in [0.1, 0.15) is 34.7 Å². The summed E-state index contributed by atoms with van der Waals surface area (Å²) in [6.45, 7) is 6.45. The van der Waals surface area contributed by atoms with Gasteiger partial charge in [-0.15, -0.1) is 0 Å². The van der Waals surface area contributed by atoms with Crippen LogP contribution in [0.2, 0.25) is 10.0 Å². The van der Waals surface area contributed by atoms with Crippen LogP contribution in [0.4, 0.5) is 10.3 Å². The first-order valence-corrected chi connectivity index (χ1v) is 10.4. The Bertz CT molecular complexity index is 947. The molecule has 1 aliphatic rings. The highest BCUT2D eigenvalue weighted by atomic mass is 35.5. The van der Waals surface area contributed by atoms with Gasteiger partial charge >= 0.3 is 0 Å². The number of nitrogens with zero attached hydrogens (tertiary/aromatic N) is 5. The van der Waals surface area contributed by atoms with E-state index in [9.17, 15) is 14.0 Å². The summed E-state index contributed by atoms with van der Waals surface area (Å²) >= 11 is 12.1. The molecular formula is C20H22Cl2FN5O2. The fraction of sp³-hybridized carbons (Fsp3) is 0.400. The first-order valence-electron chi connectivity index (χ1n) is 9.66. The maximum atomic E-state index is 14.0. The average molecular weight is 454 g/mol. The van der Waals surface area contributed by atoms with Gasteiger partial charge in [0, 0.05) is 44.3 Å². The van der Waals surface area contributed by atoms with Crippen molar-refractivity contribution in [2.75, 3.05) is 44.2 Å². The second-order valence-electron chi connectivity index (χ2n) is 6.75. The van der Waals surface area contributed by atoms with Gasteiger partial charge in [-0.25, -0.2) is 14.4 Å². The first kappa shape index (κ1) is 22.2. The molecule has 1 aromatic heterocycles. The lowest BCUT2D eigenvalue weighted by Crippen LogP contribution is -2.51. The highest BCUT2D eigenvalue weighted by Crippen LogP contribution is 2.21. The SMILES string of the molecule is CCN(CC)c1ncc(Cl)c(C(=O)N2CCN(C(=O)c3cc(Cl)ccc3F)CC2)n1. The largest absolute Gasteiger partial charge is 0.341 e. The third-order valence-corrected chi connectivity index (χ3v) is 5.50. The molecule has 0 unspecified atom stereocenters. The highest BCUT2D eigenvalue weighted by molar-refractivity contribution is 6.33. The Labute approximate surface area is 184 Å². The van der Waals surface area contributed by atoms with E-state index in [1.165, 1.54) is 29.3 Å². The van der Waals surface area contributed by atoms with E-state index in [2.05, 4.69) is 9.97 Å². The fourth-order valence-corrected chi connectivity index (χ4v) is 3.60. The van der Waals surface area contributed by atoms with Gasteiger partial charge in [-0.1, -0.05) is 23.2 Å². The maximum absolute atomic E-state index is 14.0. The lowest BCUT2D eigenvalue weighted by atomic mass is 10.1. The van der Waals surface area contributed by atoms with Crippen molar-refractivity contribution in [3.8, 4) is 0 Å². The molecule has 0 saturated carbocycles. The predicted octanol–water partition coefficient (Wildman–Crippen LogP) is 3.37. The standard InChI is InChI=1S/C20H22Cl2FN5O2/c1-3-26(4-2)20-24-12-15(22)17(25-20)19(30)28-9-7-27(8-10-28)18(29)14-11-13(21)5-6-16(14)23/h5-6,11-12H,3-4,7-10H2,1-2H3. The Morgan fingerprint density at radius 2 is 1.67 bits per heavy atom. The van der Waals surface area contributed by atoms with E-state index in [0.717, 1.165) is 0 Å². The minimum Gasteiger partial charge on any atom is -0.341 e. The van der Waals surface area contributed by atoms with Crippen LogP contribution in [0.5, 0.6) is 0 Å². The molecule has 0 N–H and O–H groups in total. The van der Waals surface area contributed by atoms with Crippen LogP contribution in [0, 0.1) is 5.82 Å². The van der Waals surface area contributed by atoms with Crippen LogP contribution in [0.3, 0.4) is 0 Å². The molecule has 7 nitrogen and oxygen atoms in total. The molecule has 0 radical (unpaired) electrons. The number of hydrogen-bond acceptors (Lipinski definition) is 5. The molecule has 0 bridgehead atoms. The number of benzene rings is 1. The summed E-state index contributed by atoms with van der Waals surface area (Å²) < 4.78 is 14.0. The molecule has 1 fully saturated rings. The molecule has 2 amide bonds. The van der Waals surface area contributed by atoms with Crippen LogP contribution in [-0.4, -0.2) is 70.9 Å². The Hall–Kier alpha value is -2.45. The number of carbonyl (C=O) groups is 2. The molecule has 3 rings (SSSR count). The Morgan fingerprint density at radius 1 is 1.07 bits per heavy atom. The van der Waals surface area contributed by atoms with Gasteiger partial charge in [0.1, 0.15) is 5.82 Å². The molecule has 2 aromatic rings. The van der Waals surface area contributed by atoms with Crippen LogP contribution in [0.15, 0.2) is 24.4 Å². The number of amides is 2. The second kappa shape index (κ2) is 9.57. The Morgan fingerprint density at radius 3 is 2.27 bits per heavy atom. The number of rotatable bonds is 5. The van der Waals surface area contributed by atoms with Crippen molar-refractivity contribution >= 4 is 41.0 Å². The van der Waals surface area contributed by atoms with E-state index in [1.54, 1.807) is 4.90 Å². The van der Waals surface area contributed by atoms with Crippen molar-refractivity contribution in [2.45, 2.75) is 13.8 Å². The zero-order valence-corrected chi connectivity index (χ0v) is 18.3. The van der Waals surface area contributed by atoms with Gasteiger partial charge in [0.25, 0.3) is 11.8 Å². The van der Waals surface area contributed by atoms with Crippen molar-refractivity contribution in [3.05, 3.63) is 51.5 Å². The number of hydrogen-bond donors (Lipinski definition) is 0. The number of aromatic nitrogens is 2. The van der Waals surface area contributed by atoms with Gasteiger partial charge in [0.15, 0.2) is 5.69 Å². The molecule has 1 aromatic carbocycles. The summed E-state index contributed by atoms with van der Waals surface area (Å²) in [6, 6.07) is 3.87. The van der Waals surface area contributed by atoms with E-state index in [4.69, 9.17) is 23.2 Å². The highest BCUT2D eigenvalue weighted by Gasteiger charge is 2.29. The van der Waals surface area contributed by atoms with E-state index < -0.39 is 11.7 Å². The Balaban J connectivity index is 1.70. The molecule has 30 heavy (non-hydrogen) atoms. The van der Waals surface area contributed by atoms with Crippen molar-refractivity contribution in [1.82, 2.24) is 19.8 Å². The zero-order valence-electron chi connectivity index (χ0n) is 16.7. The summed E-state index contributed by atoms with van der Waals surface area (Å²) in [5, 5.41) is 0.464. The molecule has 0 aliphatic carbocycles. The minimum absolute atomic E-state index is 0.0787. The van der Waals surface area contributed by atoms with Crippen LogP contribution in [-0.2, 0) is 0 Å². The van der Waals surface area contributed by atoms with Gasteiger partial charge in [-0.2, -0.15) is 0 Å². The zero-order chi connectivity index (χ0) is 21.8. The summed E-state index contributed by atoms with van der Waals surface area (Å²) in [5.41, 5.74) is 0.0548. The van der Waals surface area contributed by atoms with Crippen LogP contribution < -0.4 is 4.90 Å². The summed E-state index contributed by atoms with van der Waals surface area (Å²) in [4.78, 5) is 39.2. The molecule has 2 heterocycles. The monoisotopic (exact) mass is 453 g/mol. The molecular weight excluding hydrogens is 432 g/mol. The maximum Gasteiger partial charge on any atom is 0.274 e. The molecule has 10 heteroatoms. The minimum atomic E-state index is -0.625. The summed E-state index contributed by atoms with van der Waals surface area (Å²) in [6.07, 6.45) is 1.43. The van der Waals surface area contributed by atoms with Gasteiger partial charge in [-0.3, -0.25) is 9.59 Å². The van der Waals surface area contributed by atoms with Gasteiger partial charge in [-0.05, 0) is 32.0 Å². The van der Waals surface area contributed by atoms with E-state index in [-0.39, 0.29) is 53.4 Å². The van der Waals surface area contributed by atoms with Gasteiger partial charge in [0.05, 0.1) is 16.8 Å². The lowest BCUT2D eigenvalue weighted by Gasteiger charge is -2.35. The van der Waals surface area contributed by atoms with E-state index in [0.29, 0.717) is 19.0 Å². The van der Waals surface area contributed by atoms with Crippen molar-refractivity contribution < 1.29 is 14.0 Å². The quantitative estimate of drug-likeness (QED) is 0.693. The predicted molar refractivity (Wildman–Crippen MR) is 114 cm³/mol. The van der Waals surface area contributed by atoms with E-state index in [1.807, 2.05) is 18.7 Å². The smallest absolute Gasteiger partial charge is 0.274 e. The van der Waals surface area contributed by atoms with Gasteiger partial charge < -0.3 is 14.7 Å². The molecule has 1 aliphatic heterocycles. The normalized spacial score (nSPS) is 14.0. The number of piperazine rings is 1. The molecule has 1 saturated heterocycles. The topological polar surface area (TPSA) is 69.6 Å².